The summed E-state index contributed by atoms with van der Waals surface area (Å²) in [6.07, 6.45) is 11.3. The van der Waals surface area contributed by atoms with Crippen molar-refractivity contribution in [1.29, 1.82) is 5.26 Å². The summed E-state index contributed by atoms with van der Waals surface area (Å²) in [4.78, 5) is 18.8. The van der Waals surface area contributed by atoms with Gasteiger partial charge in [0.05, 0.1) is 36.0 Å². The number of aryl methyl sites for hydroxylation is 1. The van der Waals surface area contributed by atoms with Gasteiger partial charge in [0.1, 0.15) is 17.6 Å². The minimum Gasteiger partial charge on any atom is -0.338 e. The Morgan fingerprint density at radius 2 is 2.03 bits per heavy atom. The van der Waals surface area contributed by atoms with Crippen LogP contribution < -0.4 is 5.32 Å². The normalized spacial score (nSPS) is 16.5. The second-order valence-corrected chi connectivity index (χ2v) is 8.85. The monoisotopic (exact) mass is 418 g/mol. The molecule has 30 heavy (non-hydrogen) atoms. The van der Waals surface area contributed by atoms with Crippen LogP contribution in [0.15, 0.2) is 42.9 Å². The number of anilines is 2. The first-order valence-electron chi connectivity index (χ1n) is 10.5. The van der Waals surface area contributed by atoms with Crippen molar-refractivity contribution in [2.75, 3.05) is 11.9 Å². The number of aromatic nitrogens is 3. The molecule has 6 nitrogen and oxygen atoms in total. The zero-order valence-electron chi connectivity index (χ0n) is 17.2. The summed E-state index contributed by atoms with van der Waals surface area (Å²) in [5, 5.41) is 12.0. The first-order valence-corrected chi connectivity index (χ1v) is 11.3. The molecule has 0 radical (unpaired) electrons. The van der Waals surface area contributed by atoms with Crippen LogP contribution >= 0.6 is 11.3 Å². The molecule has 3 aromatic heterocycles. The van der Waals surface area contributed by atoms with Crippen LogP contribution in [0.4, 0.5) is 11.5 Å². The molecule has 3 aromatic rings. The van der Waals surface area contributed by atoms with Crippen molar-refractivity contribution < 1.29 is 0 Å². The lowest BCUT2D eigenvalue weighted by molar-refractivity contribution is 0.246. The van der Waals surface area contributed by atoms with Gasteiger partial charge in [-0.3, -0.25) is 9.88 Å². The van der Waals surface area contributed by atoms with Crippen LogP contribution in [-0.2, 0) is 13.0 Å². The Morgan fingerprint density at radius 1 is 1.13 bits per heavy atom. The third kappa shape index (κ3) is 5.02. The quantitative estimate of drug-likeness (QED) is 0.540. The molecule has 0 spiro atoms. The van der Waals surface area contributed by atoms with Gasteiger partial charge in [-0.1, -0.05) is 13.3 Å². The molecule has 0 bridgehead atoms. The predicted octanol–water partition coefficient (Wildman–Crippen LogP) is 5.23. The van der Waals surface area contributed by atoms with E-state index in [2.05, 4.69) is 39.2 Å². The average Bonchev–Trinajstić information content (AvgIpc) is 3.43. The molecular weight excluding hydrogens is 392 g/mol. The first-order chi connectivity index (χ1) is 14.7. The molecule has 7 heteroatoms. The third-order valence-electron chi connectivity index (χ3n) is 5.38. The van der Waals surface area contributed by atoms with Crippen molar-refractivity contribution in [3.63, 3.8) is 0 Å². The minimum absolute atomic E-state index is 0.323. The molecule has 1 fully saturated rings. The maximum atomic E-state index is 8.84. The van der Waals surface area contributed by atoms with Crippen LogP contribution in [0.2, 0.25) is 0 Å². The first kappa shape index (κ1) is 20.5. The fourth-order valence-electron chi connectivity index (χ4n) is 3.80. The SMILES string of the molecule is CCCCc1ccc(CN2CCCC2c2cnc(Nc3ccc(C#N)nc3)cn2)s1. The number of nitriles is 1. The van der Waals surface area contributed by atoms with E-state index >= 15 is 0 Å². The molecule has 1 aliphatic rings. The molecule has 0 aliphatic carbocycles. The second-order valence-electron chi connectivity index (χ2n) is 7.60. The highest BCUT2D eigenvalue weighted by atomic mass is 32.1. The lowest BCUT2D eigenvalue weighted by Gasteiger charge is -2.23. The van der Waals surface area contributed by atoms with E-state index in [1.54, 1.807) is 18.5 Å². The molecule has 154 valence electrons. The molecule has 4 heterocycles. The maximum absolute atomic E-state index is 8.84. The minimum atomic E-state index is 0.323. The van der Waals surface area contributed by atoms with Gasteiger partial charge >= 0.3 is 0 Å². The second kappa shape index (κ2) is 9.79. The number of rotatable bonds is 8. The number of pyridine rings is 1. The zero-order valence-corrected chi connectivity index (χ0v) is 18.0. The summed E-state index contributed by atoms with van der Waals surface area (Å²) in [6, 6.07) is 10.4. The van der Waals surface area contributed by atoms with Crippen LogP contribution in [0.3, 0.4) is 0 Å². The van der Waals surface area contributed by atoms with Gasteiger partial charge in [0.15, 0.2) is 0 Å². The fraction of sp³-hybridized carbons (Fsp3) is 0.391. The Balaban J connectivity index is 1.38. The Bertz CT molecular complexity index is 990. The molecule has 1 saturated heterocycles. The van der Waals surface area contributed by atoms with Crippen LogP contribution in [0.1, 0.15) is 59.8 Å². The fourth-order valence-corrected chi connectivity index (χ4v) is 4.89. The Hall–Kier alpha value is -2.82. The van der Waals surface area contributed by atoms with Crippen molar-refractivity contribution >= 4 is 22.8 Å². The lowest BCUT2D eigenvalue weighted by atomic mass is 10.1. The Kier molecular flexibility index (Phi) is 6.67. The largest absolute Gasteiger partial charge is 0.338 e. The highest BCUT2D eigenvalue weighted by molar-refractivity contribution is 7.11. The van der Waals surface area contributed by atoms with Crippen molar-refractivity contribution in [1.82, 2.24) is 19.9 Å². The average molecular weight is 419 g/mol. The standard InChI is InChI=1S/C23H26N6S/c1-2-3-5-19-9-10-20(30-19)16-29-11-4-6-22(29)21-14-27-23(15-26-21)28-18-8-7-17(12-24)25-13-18/h7-10,13-15,22H,2-6,11,16H2,1H3,(H,27,28). The third-order valence-corrected chi connectivity index (χ3v) is 6.51. The van der Waals surface area contributed by atoms with Gasteiger partial charge in [0, 0.05) is 16.3 Å². The van der Waals surface area contributed by atoms with E-state index in [0.717, 1.165) is 30.9 Å². The molecular formula is C23H26N6S. The highest BCUT2D eigenvalue weighted by Crippen LogP contribution is 2.33. The summed E-state index contributed by atoms with van der Waals surface area (Å²) < 4.78 is 0. The van der Waals surface area contributed by atoms with Crippen LogP contribution in [0.25, 0.3) is 0 Å². The van der Waals surface area contributed by atoms with E-state index in [9.17, 15) is 0 Å². The summed E-state index contributed by atoms with van der Waals surface area (Å²) in [5.74, 6) is 0.675. The van der Waals surface area contributed by atoms with E-state index in [1.807, 2.05) is 29.7 Å². The van der Waals surface area contributed by atoms with E-state index in [1.165, 1.54) is 35.4 Å². The molecule has 4 rings (SSSR count). The summed E-state index contributed by atoms with van der Waals surface area (Å²) in [7, 11) is 0. The van der Waals surface area contributed by atoms with Crippen LogP contribution in [0, 0.1) is 11.3 Å². The zero-order chi connectivity index (χ0) is 20.8. The van der Waals surface area contributed by atoms with Gasteiger partial charge in [0.2, 0.25) is 0 Å². The summed E-state index contributed by atoms with van der Waals surface area (Å²) in [5.41, 5.74) is 2.21. The van der Waals surface area contributed by atoms with Gasteiger partial charge in [-0.05, 0) is 56.5 Å². The molecule has 0 amide bonds. The number of thiophene rings is 1. The number of hydrogen-bond acceptors (Lipinski definition) is 7. The van der Waals surface area contributed by atoms with E-state index < -0.39 is 0 Å². The van der Waals surface area contributed by atoms with Gasteiger partial charge in [-0.2, -0.15) is 5.26 Å². The van der Waals surface area contributed by atoms with Gasteiger partial charge in [-0.15, -0.1) is 11.3 Å². The molecule has 0 saturated carbocycles. The lowest BCUT2D eigenvalue weighted by Crippen LogP contribution is -2.23. The number of nitrogens with zero attached hydrogens (tertiary/aromatic N) is 5. The van der Waals surface area contributed by atoms with Gasteiger partial charge in [-0.25, -0.2) is 9.97 Å². The molecule has 1 atom stereocenters. The van der Waals surface area contributed by atoms with Gasteiger partial charge < -0.3 is 5.32 Å². The predicted molar refractivity (Wildman–Crippen MR) is 120 cm³/mol. The molecule has 0 aromatic carbocycles. The topological polar surface area (TPSA) is 77.7 Å². The van der Waals surface area contributed by atoms with Crippen LogP contribution in [0.5, 0.6) is 0 Å². The molecule has 1 aliphatic heterocycles. The molecule has 1 N–H and O–H groups in total. The van der Waals surface area contributed by atoms with Crippen LogP contribution in [-0.4, -0.2) is 26.4 Å². The molecule has 1 unspecified atom stereocenters. The van der Waals surface area contributed by atoms with Crippen molar-refractivity contribution in [3.8, 4) is 6.07 Å². The highest BCUT2D eigenvalue weighted by Gasteiger charge is 2.27. The van der Waals surface area contributed by atoms with Crippen molar-refractivity contribution in [2.45, 2.75) is 51.6 Å². The van der Waals surface area contributed by atoms with E-state index in [4.69, 9.17) is 10.2 Å². The van der Waals surface area contributed by atoms with Crippen molar-refractivity contribution in [3.05, 3.63) is 64.0 Å². The Labute approximate surface area is 181 Å². The van der Waals surface area contributed by atoms with Gasteiger partial charge in [0.25, 0.3) is 0 Å². The summed E-state index contributed by atoms with van der Waals surface area (Å²) in [6.45, 7) is 4.33. The Morgan fingerprint density at radius 3 is 2.77 bits per heavy atom. The number of hydrogen-bond donors (Lipinski definition) is 1. The number of unbranched alkanes of at least 4 members (excludes halogenated alkanes) is 1. The van der Waals surface area contributed by atoms with E-state index in [-0.39, 0.29) is 0 Å². The smallest absolute Gasteiger partial charge is 0.148 e. The maximum Gasteiger partial charge on any atom is 0.148 e. The van der Waals surface area contributed by atoms with E-state index in [0.29, 0.717) is 17.6 Å². The summed E-state index contributed by atoms with van der Waals surface area (Å²) >= 11 is 1.95. The number of nitrogens with one attached hydrogen (secondary N) is 1. The van der Waals surface area contributed by atoms with Crippen molar-refractivity contribution in [2.24, 2.45) is 0 Å². The number of likely N-dealkylation sites (tertiary alicyclic amines) is 1.